The van der Waals surface area contributed by atoms with Crippen LogP contribution in [0.1, 0.15) is 5.56 Å². The highest BCUT2D eigenvalue weighted by atomic mass is 32.2. The normalized spacial score (nSPS) is 20.6. The van der Waals surface area contributed by atoms with Crippen LogP contribution < -0.4 is 0 Å². The lowest BCUT2D eigenvalue weighted by Crippen LogP contribution is -2.52. The van der Waals surface area contributed by atoms with E-state index in [1.54, 1.807) is 25.1 Å². The predicted octanol–water partition coefficient (Wildman–Crippen LogP) is 0.558. The van der Waals surface area contributed by atoms with Crippen LogP contribution in [0, 0.1) is 6.92 Å². The lowest BCUT2D eigenvalue weighted by atomic mass is 10.2. The first kappa shape index (κ1) is 15.0. The third-order valence-corrected chi connectivity index (χ3v) is 5.30. The van der Waals surface area contributed by atoms with E-state index in [4.69, 9.17) is 4.74 Å². The van der Waals surface area contributed by atoms with Gasteiger partial charge in [-0.05, 0) is 18.6 Å². The number of morpholine rings is 1. The third kappa shape index (κ3) is 2.70. The Bertz CT molecular complexity index is 599. The summed E-state index contributed by atoms with van der Waals surface area (Å²) in [5.74, 6) is -0.609. The number of ether oxygens (including phenoxy) is 2. The molecule has 1 aliphatic heterocycles. The molecule has 1 atom stereocenters. The molecule has 0 radical (unpaired) electrons. The van der Waals surface area contributed by atoms with Gasteiger partial charge in [0, 0.05) is 6.54 Å². The quantitative estimate of drug-likeness (QED) is 0.762. The van der Waals surface area contributed by atoms with E-state index in [1.807, 2.05) is 0 Å². The van der Waals surface area contributed by atoms with E-state index in [9.17, 15) is 13.2 Å². The highest BCUT2D eigenvalue weighted by molar-refractivity contribution is 7.89. The van der Waals surface area contributed by atoms with Crippen LogP contribution >= 0.6 is 0 Å². The van der Waals surface area contributed by atoms with Gasteiger partial charge in [-0.25, -0.2) is 8.42 Å². The summed E-state index contributed by atoms with van der Waals surface area (Å²) >= 11 is 0. The van der Waals surface area contributed by atoms with Crippen molar-refractivity contribution in [3.8, 4) is 0 Å². The Morgan fingerprint density at radius 3 is 2.75 bits per heavy atom. The van der Waals surface area contributed by atoms with Gasteiger partial charge in [0.25, 0.3) is 0 Å². The second kappa shape index (κ2) is 5.90. The van der Waals surface area contributed by atoms with Crippen LogP contribution in [0.4, 0.5) is 0 Å². The van der Waals surface area contributed by atoms with Gasteiger partial charge in [0.15, 0.2) is 0 Å². The molecule has 1 fully saturated rings. The number of hydrogen-bond donors (Lipinski definition) is 0. The average molecular weight is 299 g/mol. The number of esters is 1. The first-order chi connectivity index (χ1) is 9.48. The first-order valence-electron chi connectivity index (χ1n) is 6.21. The van der Waals surface area contributed by atoms with Crippen molar-refractivity contribution in [1.82, 2.24) is 4.31 Å². The maximum atomic E-state index is 12.7. The molecule has 0 bridgehead atoms. The molecule has 110 valence electrons. The van der Waals surface area contributed by atoms with Crippen LogP contribution in [0.15, 0.2) is 29.2 Å². The van der Waals surface area contributed by atoms with Crippen molar-refractivity contribution in [2.24, 2.45) is 0 Å². The van der Waals surface area contributed by atoms with Crippen molar-refractivity contribution in [1.29, 1.82) is 0 Å². The highest BCUT2D eigenvalue weighted by Gasteiger charge is 2.39. The van der Waals surface area contributed by atoms with Crippen molar-refractivity contribution in [3.05, 3.63) is 29.8 Å². The standard InChI is InChI=1S/C13H17NO5S/c1-10-5-3-4-6-12(10)20(16,17)14-7-8-19-9-11(14)13(15)18-2/h3-6,11H,7-9H2,1-2H3. The first-order valence-corrected chi connectivity index (χ1v) is 7.65. The summed E-state index contributed by atoms with van der Waals surface area (Å²) in [6.45, 7) is 2.13. The zero-order chi connectivity index (χ0) is 14.8. The smallest absolute Gasteiger partial charge is 0.326 e. The van der Waals surface area contributed by atoms with E-state index >= 15 is 0 Å². The van der Waals surface area contributed by atoms with Crippen molar-refractivity contribution in [2.75, 3.05) is 26.9 Å². The van der Waals surface area contributed by atoms with E-state index in [-0.39, 0.29) is 24.7 Å². The van der Waals surface area contributed by atoms with Gasteiger partial charge in [-0.3, -0.25) is 4.79 Å². The molecule has 1 saturated heterocycles. The molecule has 0 N–H and O–H groups in total. The van der Waals surface area contributed by atoms with Crippen molar-refractivity contribution in [2.45, 2.75) is 17.9 Å². The van der Waals surface area contributed by atoms with E-state index in [2.05, 4.69) is 4.74 Å². The van der Waals surface area contributed by atoms with Crippen LogP contribution in [-0.2, 0) is 24.3 Å². The molecule has 0 saturated carbocycles. The molecule has 1 heterocycles. The number of methoxy groups -OCH3 is 1. The Morgan fingerprint density at radius 2 is 2.10 bits per heavy atom. The van der Waals surface area contributed by atoms with Gasteiger partial charge in [-0.1, -0.05) is 18.2 Å². The number of rotatable bonds is 3. The average Bonchev–Trinajstić information content (AvgIpc) is 2.46. The zero-order valence-electron chi connectivity index (χ0n) is 11.4. The Labute approximate surface area is 118 Å². The summed E-state index contributed by atoms with van der Waals surface area (Å²) < 4.78 is 36.4. The van der Waals surface area contributed by atoms with Crippen LogP contribution in [0.25, 0.3) is 0 Å². The molecule has 1 unspecified atom stereocenters. The van der Waals surface area contributed by atoms with E-state index in [1.165, 1.54) is 13.2 Å². The summed E-state index contributed by atoms with van der Waals surface area (Å²) in [4.78, 5) is 11.9. The summed E-state index contributed by atoms with van der Waals surface area (Å²) in [5.41, 5.74) is 0.641. The molecule has 1 aromatic rings. The Hall–Kier alpha value is -1.44. The molecule has 20 heavy (non-hydrogen) atoms. The number of aryl methyl sites for hydroxylation is 1. The maximum Gasteiger partial charge on any atom is 0.326 e. The minimum atomic E-state index is -3.74. The molecule has 1 aromatic carbocycles. The number of carbonyl (C=O) groups excluding carboxylic acids is 1. The molecule has 0 amide bonds. The third-order valence-electron chi connectivity index (χ3n) is 3.23. The van der Waals surface area contributed by atoms with Gasteiger partial charge >= 0.3 is 5.97 Å². The molecule has 2 rings (SSSR count). The lowest BCUT2D eigenvalue weighted by Gasteiger charge is -2.32. The van der Waals surface area contributed by atoms with E-state index in [0.29, 0.717) is 5.56 Å². The van der Waals surface area contributed by atoms with Crippen molar-refractivity contribution in [3.63, 3.8) is 0 Å². The Morgan fingerprint density at radius 1 is 1.40 bits per heavy atom. The fourth-order valence-corrected chi connectivity index (χ4v) is 3.94. The van der Waals surface area contributed by atoms with Gasteiger partial charge in [0.1, 0.15) is 6.04 Å². The minimum Gasteiger partial charge on any atom is -0.468 e. The molecular weight excluding hydrogens is 282 g/mol. The van der Waals surface area contributed by atoms with Gasteiger partial charge in [-0.15, -0.1) is 0 Å². The fraction of sp³-hybridized carbons (Fsp3) is 0.462. The fourth-order valence-electron chi connectivity index (χ4n) is 2.17. The minimum absolute atomic E-state index is 0.0117. The number of sulfonamides is 1. The van der Waals surface area contributed by atoms with Gasteiger partial charge < -0.3 is 9.47 Å². The van der Waals surface area contributed by atoms with E-state index < -0.39 is 22.0 Å². The summed E-state index contributed by atoms with van der Waals surface area (Å²) in [6, 6.07) is 5.76. The van der Waals surface area contributed by atoms with Gasteiger partial charge in [0.05, 0.1) is 25.2 Å². The maximum absolute atomic E-state index is 12.7. The predicted molar refractivity (Wildman–Crippen MR) is 71.7 cm³/mol. The topological polar surface area (TPSA) is 72.9 Å². The molecule has 1 aliphatic rings. The molecular formula is C13H17NO5S. The monoisotopic (exact) mass is 299 g/mol. The summed E-state index contributed by atoms with van der Waals surface area (Å²) in [7, 11) is -2.51. The second-order valence-electron chi connectivity index (χ2n) is 4.50. The molecule has 6 nitrogen and oxygen atoms in total. The SMILES string of the molecule is COC(=O)C1COCCN1S(=O)(=O)c1ccccc1C. The van der Waals surface area contributed by atoms with Crippen LogP contribution in [-0.4, -0.2) is 51.6 Å². The molecule has 0 aliphatic carbocycles. The molecule has 0 spiro atoms. The molecule has 7 heteroatoms. The zero-order valence-corrected chi connectivity index (χ0v) is 12.2. The largest absolute Gasteiger partial charge is 0.468 e. The summed E-state index contributed by atoms with van der Waals surface area (Å²) in [5, 5.41) is 0. The van der Waals surface area contributed by atoms with Gasteiger partial charge in [-0.2, -0.15) is 4.31 Å². The molecule has 0 aromatic heterocycles. The number of hydrogen-bond acceptors (Lipinski definition) is 5. The van der Waals surface area contributed by atoms with Crippen LogP contribution in [0.2, 0.25) is 0 Å². The second-order valence-corrected chi connectivity index (χ2v) is 6.35. The van der Waals surface area contributed by atoms with Crippen LogP contribution in [0.3, 0.4) is 0 Å². The summed E-state index contributed by atoms with van der Waals surface area (Å²) in [6.07, 6.45) is 0. The van der Waals surface area contributed by atoms with E-state index in [0.717, 1.165) is 4.31 Å². The van der Waals surface area contributed by atoms with Crippen molar-refractivity contribution < 1.29 is 22.7 Å². The number of nitrogens with zero attached hydrogens (tertiary/aromatic N) is 1. The lowest BCUT2D eigenvalue weighted by molar-refractivity contribution is -0.149. The highest BCUT2D eigenvalue weighted by Crippen LogP contribution is 2.23. The van der Waals surface area contributed by atoms with Gasteiger partial charge in [0.2, 0.25) is 10.0 Å². The number of carbonyl (C=O) groups is 1. The Balaban J connectivity index is 2.41. The van der Waals surface area contributed by atoms with Crippen LogP contribution in [0.5, 0.6) is 0 Å². The van der Waals surface area contributed by atoms with Crippen molar-refractivity contribution >= 4 is 16.0 Å². The number of benzene rings is 1. The Kier molecular flexibility index (Phi) is 4.42.